The topological polar surface area (TPSA) is 94.4 Å². The summed E-state index contributed by atoms with van der Waals surface area (Å²) in [5.41, 5.74) is 6.73. The van der Waals surface area contributed by atoms with Gasteiger partial charge in [0.1, 0.15) is 24.0 Å². The summed E-state index contributed by atoms with van der Waals surface area (Å²) < 4.78 is 23.5. The van der Waals surface area contributed by atoms with Crippen molar-refractivity contribution in [3.8, 4) is 5.75 Å². The molecule has 1 aromatic carbocycles. The lowest BCUT2D eigenvalue weighted by Crippen LogP contribution is -2.23. The second-order valence-corrected chi connectivity index (χ2v) is 5.79. The minimum Gasteiger partial charge on any atom is -0.485 e. The first-order valence-corrected chi connectivity index (χ1v) is 7.63. The molecule has 0 aliphatic carbocycles. The van der Waals surface area contributed by atoms with Crippen LogP contribution in [0.15, 0.2) is 28.8 Å². The Hall–Kier alpha value is -2.45. The van der Waals surface area contributed by atoms with E-state index in [4.69, 9.17) is 20.0 Å². The molecule has 3 aromatic rings. The number of anilines is 1. The molecule has 0 fully saturated rings. The standard InChI is InChI=1S/C15H14FN3O3S/c16-6-10(8-20)21-9-1-3-12-13(5-9)22-14(19-12)4-2-11-7-18-15(17)23-11/h1-5,7,10,20H,6,8H2,(H2,17,18). The van der Waals surface area contributed by atoms with E-state index in [1.165, 1.54) is 11.3 Å². The summed E-state index contributed by atoms with van der Waals surface area (Å²) in [7, 11) is 0. The number of nitrogens with zero attached hydrogens (tertiary/aromatic N) is 2. The fourth-order valence-electron chi connectivity index (χ4n) is 1.91. The molecule has 23 heavy (non-hydrogen) atoms. The second kappa shape index (κ2) is 6.76. The molecule has 2 aromatic heterocycles. The molecular weight excluding hydrogens is 321 g/mol. The van der Waals surface area contributed by atoms with Gasteiger partial charge in [-0.1, -0.05) is 11.3 Å². The van der Waals surface area contributed by atoms with Crippen molar-refractivity contribution in [1.29, 1.82) is 0 Å². The quantitative estimate of drug-likeness (QED) is 0.719. The Morgan fingerprint density at radius 3 is 3.00 bits per heavy atom. The number of alkyl halides is 1. The maximum atomic E-state index is 12.6. The molecule has 2 heterocycles. The van der Waals surface area contributed by atoms with Crippen LogP contribution in [0.1, 0.15) is 10.8 Å². The van der Waals surface area contributed by atoms with E-state index in [1.54, 1.807) is 36.5 Å². The maximum Gasteiger partial charge on any atom is 0.220 e. The van der Waals surface area contributed by atoms with Crippen molar-refractivity contribution in [1.82, 2.24) is 9.97 Å². The highest BCUT2D eigenvalue weighted by atomic mass is 32.1. The number of hydrogen-bond acceptors (Lipinski definition) is 7. The average molecular weight is 335 g/mol. The van der Waals surface area contributed by atoms with Gasteiger partial charge in [0, 0.05) is 23.2 Å². The van der Waals surface area contributed by atoms with Crippen LogP contribution in [0, 0.1) is 0 Å². The first-order chi connectivity index (χ1) is 11.2. The van der Waals surface area contributed by atoms with Crippen LogP contribution in [0.3, 0.4) is 0 Å². The highest BCUT2D eigenvalue weighted by Crippen LogP contribution is 2.24. The third-order valence-corrected chi connectivity index (χ3v) is 3.78. The Balaban J connectivity index is 1.80. The van der Waals surface area contributed by atoms with Crippen molar-refractivity contribution < 1.29 is 18.7 Å². The molecular formula is C15H14FN3O3S. The molecule has 0 amide bonds. The molecule has 0 saturated carbocycles. The molecule has 0 spiro atoms. The zero-order valence-corrected chi connectivity index (χ0v) is 12.8. The van der Waals surface area contributed by atoms with Gasteiger partial charge in [-0.05, 0) is 18.2 Å². The Labute approximate surface area is 135 Å². The van der Waals surface area contributed by atoms with Crippen molar-refractivity contribution in [3.05, 3.63) is 35.2 Å². The summed E-state index contributed by atoms with van der Waals surface area (Å²) in [4.78, 5) is 9.16. The first-order valence-electron chi connectivity index (χ1n) is 6.81. The van der Waals surface area contributed by atoms with Crippen LogP contribution in [0.25, 0.3) is 23.3 Å². The Bertz CT molecular complexity index is 826. The van der Waals surface area contributed by atoms with Gasteiger partial charge in [0.15, 0.2) is 10.7 Å². The molecule has 0 saturated heterocycles. The number of aliphatic hydroxyl groups excluding tert-OH is 1. The fourth-order valence-corrected chi connectivity index (χ4v) is 2.50. The Morgan fingerprint density at radius 2 is 2.30 bits per heavy atom. The van der Waals surface area contributed by atoms with Crippen molar-refractivity contribution in [3.63, 3.8) is 0 Å². The summed E-state index contributed by atoms with van der Waals surface area (Å²) >= 11 is 1.36. The zero-order chi connectivity index (χ0) is 16.2. The van der Waals surface area contributed by atoms with Gasteiger partial charge in [0.05, 0.1) is 6.61 Å². The van der Waals surface area contributed by atoms with Crippen molar-refractivity contribution >= 4 is 39.7 Å². The molecule has 8 heteroatoms. The highest BCUT2D eigenvalue weighted by molar-refractivity contribution is 7.16. The van der Waals surface area contributed by atoms with E-state index in [0.29, 0.717) is 27.9 Å². The number of oxazole rings is 1. The van der Waals surface area contributed by atoms with Crippen LogP contribution in [0.4, 0.5) is 9.52 Å². The second-order valence-electron chi connectivity index (χ2n) is 4.69. The average Bonchev–Trinajstić information content (AvgIpc) is 3.15. The summed E-state index contributed by atoms with van der Waals surface area (Å²) in [6.45, 7) is -1.16. The lowest BCUT2D eigenvalue weighted by molar-refractivity contribution is 0.0932. The van der Waals surface area contributed by atoms with Crippen LogP contribution in [0.2, 0.25) is 0 Å². The first kappa shape index (κ1) is 15.4. The van der Waals surface area contributed by atoms with Crippen molar-refractivity contribution in [2.24, 2.45) is 0 Å². The van der Waals surface area contributed by atoms with E-state index >= 15 is 0 Å². The van der Waals surface area contributed by atoms with E-state index in [1.807, 2.05) is 0 Å². The third-order valence-electron chi connectivity index (χ3n) is 2.99. The summed E-state index contributed by atoms with van der Waals surface area (Å²) in [5.74, 6) is 0.837. The number of aromatic nitrogens is 2. The molecule has 0 aliphatic rings. The van der Waals surface area contributed by atoms with E-state index in [0.717, 1.165) is 4.88 Å². The Morgan fingerprint density at radius 1 is 1.43 bits per heavy atom. The van der Waals surface area contributed by atoms with Gasteiger partial charge in [0.25, 0.3) is 0 Å². The number of thiazole rings is 1. The monoisotopic (exact) mass is 335 g/mol. The number of halogens is 1. The molecule has 0 radical (unpaired) electrons. The molecule has 1 atom stereocenters. The number of benzene rings is 1. The summed E-state index contributed by atoms with van der Waals surface area (Å²) in [5, 5.41) is 9.46. The predicted octanol–water partition coefficient (Wildman–Crippen LogP) is 2.75. The molecule has 3 rings (SSSR count). The van der Waals surface area contributed by atoms with Gasteiger partial charge >= 0.3 is 0 Å². The van der Waals surface area contributed by atoms with Gasteiger partial charge in [-0.25, -0.2) is 14.4 Å². The molecule has 6 nitrogen and oxygen atoms in total. The van der Waals surface area contributed by atoms with E-state index in [9.17, 15) is 4.39 Å². The summed E-state index contributed by atoms with van der Waals surface area (Å²) in [6.07, 6.45) is 4.30. The minimum absolute atomic E-state index is 0.392. The molecule has 0 bridgehead atoms. The van der Waals surface area contributed by atoms with Crippen LogP contribution in [-0.2, 0) is 0 Å². The van der Waals surface area contributed by atoms with Gasteiger partial charge in [-0.15, -0.1) is 0 Å². The van der Waals surface area contributed by atoms with Crippen LogP contribution in [0.5, 0.6) is 5.75 Å². The predicted molar refractivity (Wildman–Crippen MR) is 86.9 cm³/mol. The smallest absolute Gasteiger partial charge is 0.220 e. The molecule has 0 aliphatic heterocycles. The summed E-state index contributed by atoms with van der Waals surface area (Å²) in [6, 6.07) is 4.98. The third kappa shape index (κ3) is 3.66. The minimum atomic E-state index is -0.883. The number of aliphatic hydroxyl groups is 1. The van der Waals surface area contributed by atoms with E-state index in [-0.39, 0.29) is 0 Å². The van der Waals surface area contributed by atoms with Gasteiger partial charge < -0.3 is 20.0 Å². The van der Waals surface area contributed by atoms with Crippen LogP contribution in [-0.4, -0.2) is 34.5 Å². The number of fused-ring (bicyclic) bond motifs is 1. The zero-order valence-electron chi connectivity index (χ0n) is 12.0. The fraction of sp³-hybridized carbons (Fsp3) is 0.200. The molecule has 1 unspecified atom stereocenters. The van der Waals surface area contributed by atoms with Crippen molar-refractivity contribution in [2.75, 3.05) is 19.0 Å². The Kier molecular flexibility index (Phi) is 4.54. The van der Waals surface area contributed by atoms with Crippen LogP contribution < -0.4 is 10.5 Å². The van der Waals surface area contributed by atoms with Crippen LogP contribution >= 0.6 is 11.3 Å². The van der Waals surface area contributed by atoms with E-state index in [2.05, 4.69) is 9.97 Å². The SMILES string of the molecule is Nc1ncc(C=Cc2nc3ccc(OC(CO)CF)cc3o2)s1. The number of ether oxygens (including phenoxy) is 1. The number of hydrogen-bond donors (Lipinski definition) is 2. The highest BCUT2D eigenvalue weighted by Gasteiger charge is 2.11. The van der Waals surface area contributed by atoms with Gasteiger partial charge in [-0.3, -0.25) is 0 Å². The normalized spacial score (nSPS) is 13.0. The van der Waals surface area contributed by atoms with E-state index < -0.39 is 19.4 Å². The number of nitrogens with two attached hydrogens (primary N) is 1. The van der Waals surface area contributed by atoms with Gasteiger partial charge in [-0.2, -0.15) is 0 Å². The lowest BCUT2D eigenvalue weighted by atomic mass is 10.3. The number of rotatable bonds is 6. The molecule has 3 N–H and O–H groups in total. The molecule has 120 valence electrons. The van der Waals surface area contributed by atoms with Crippen molar-refractivity contribution in [2.45, 2.75) is 6.10 Å². The maximum absolute atomic E-state index is 12.6. The largest absolute Gasteiger partial charge is 0.485 e. The number of nitrogen functional groups attached to an aromatic ring is 1. The van der Waals surface area contributed by atoms with Gasteiger partial charge in [0.2, 0.25) is 5.89 Å². The lowest BCUT2D eigenvalue weighted by Gasteiger charge is -2.12.